The van der Waals surface area contributed by atoms with Gasteiger partial charge in [-0.05, 0) is 18.8 Å². The monoisotopic (exact) mass is 395 g/mol. The molecule has 10 heteroatoms. The van der Waals surface area contributed by atoms with Gasteiger partial charge in [-0.1, -0.05) is 26.7 Å². The van der Waals surface area contributed by atoms with Gasteiger partial charge in [0, 0.05) is 12.6 Å². The summed E-state index contributed by atoms with van der Waals surface area (Å²) in [4.78, 5) is 48.5. The molecule has 154 valence electrons. The molecule has 0 saturated heterocycles. The molecule has 5 N–H and O–H groups in total. The molecule has 1 heterocycles. The summed E-state index contributed by atoms with van der Waals surface area (Å²) in [6.07, 6.45) is 2.77. The number of nitrogens with one attached hydrogen (secondary N) is 2. The van der Waals surface area contributed by atoms with Crippen LogP contribution in [0.25, 0.3) is 0 Å². The summed E-state index contributed by atoms with van der Waals surface area (Å²) in [6.45, 7) is 3.18. The van der Waals surface area contributed by atoms with Crippen molar-refractivity contribution in [1.82, 2.24) is 15.2 Å². The lowest BCUT2D eigenvalue weighted by atomic mass is 10.1. The number of aromatic nitrogens is 1. The van der Waals surface area contributed by atoms with E-state index in [2.05, 4.69) is 5.32 Å². The lowest BCUT2D eigenvalue weighted by Gasteiger charge is -2.20. The Morgan fingerprint density at radius 3 is 2.18 bits per heavy atom. The van der Waals surface area contributed by atoms with Gasteiger partial charge in [-0.2, -0.15) is 0 Å². The smallest absolute Gasteiger partial charge is 0.322 e. The van der Waals surface area contributed by atoms with Crippen LogP contribution in [0.2, 0.25) is 0 Å². The quantitative estimate of drug-likeness (QED) is 0.451. The van der Waals surface area contributed by atoms with Crippen LogP contribution in [0.1, 0.15) is 66.3 Å². The summed E-state index contributed by atoms with van der Waals surface area (Å²) in [5.41, 5.74) is -2.23. The number of carboxylic acid groups (broad SMARTS) is 1. The van der Waals surface area contributed by atoms with E-state index in [1.54, 1.807) is 0 Å². The fourth-order valence-electron chi connectivity index (χ4n) is 3.21. The first-order valence-electron chi connectivity index (χ1n) is 9.13. The first-order chi connectivity index (χ1) is 13.1. The summed E-state index contributed by atoms with van der Waals surface area (Å²) in [6, 6.07) is -0.421. The lowest BCUT2D eigenvalue weighted by molar-refractivity contribution is -0.135. The molecule has 0 atom stereocenters. The molecule has 0 spiro atoms. The third-order valence-corrected chi connectivity index (χ3v) is 4.57. The number of aromatic hydroxyl groups is 2. The van der Waals surface area contributed by atoms with Gasteiger partial charge in [-0.3, -0.25) is 23.7 Å². The Balaban J connectivity index is 2.60. The van der Waals surface area contributed by atoms with Gasteiger partial charge in [0.05, 0.1) is 0 Å². The zero-order chi connectivity index (χ0) is 21.0. The topological polar surface area (TPSA) is 158 Å². The van der Waals surface area contributed by atoms with Gasteiger partial charge in [0.25, 0.3) is 17.4 Å². The van der Waals surface area contributed by atoms with Crippen LogP contribution in [-0.2, 0) is 4.79 Å². The predicted molar refractivity (Wildman–Crippen MR) is 98.7 cm³/mol. The molecule has 0 unspecified atom stereocenters. The Labute approximate surface area is 161 Å². The second-order valence-electron chi connectivity index (χ2n) is 7.22. The van der Waals surface area contributed by atoms with E-state index >= 15 is 0 Å². The maximum Gasteiger partial charge on any atom is 0.322 e. The average Bonchev–Trinajstić information content (AvgIpc) is 3.12. The van der Waals surface area contributed by atoms with Crippen LogP contribution in [0.15, 0.2) is 4.79 Å². The van der Waals surface area contributed by atoms with Crippen LogP contribution < -0.4 is 16.2 Å². The number of hydrogen-bond donors (Lipinski definition) is 5. The predicted octanol–water partition coefficient (Wildman–Crippen LogP) is 0.575. The van der Waals surface area contributed by atoms with E-state index < -0.39 is 58.7 Å². The van der Waals surface area contributed by atoms with Crippen LogP contribution in [0.5, 0.6) is 11.6 Å². The third-order valence-electron chi connectivity index (χ3n) is 4.57. The van der Waals surface area contributed by atoms with Crippen molar-refractivity contribution in [2.24, 2.45) is 5.92 Å². The van der Waals surface area contributed by atoms with E-state index in [1.165, 1.54) is 0 Å². The van der Waals surface area contributed by atoms with Crippen LogP contribution in [0.3, 0.4) is 0 Å². The highest BCUT2D eigenvalue weighted by atomic mass is 16.4. The summed E-state index contributed by atoms with van der Waals surface area (Å²) in [5.74, 6) is -4.96. The molecule has 2 amide bonds. The van der Waals surface area contributed by atoms with Crippen molar-refractivity contribution in [2.45, 2.75) is 45.6 Å². The van der Waals surface area contributed by atoms with Crippen LogP contribution in [0, 0.1) is 5.92 Å². The molecule has 2 rings (SSSR count). The van der Waals surface area contributed by atoms with Crippen molar-refractivity contribution >= 4 is 17.8 Å². The largest absolute Gasteiger partial charge is 0.506 e. The molecule has 0 radical (unpaired) electrons. The number of hydrogen-bond acceptors (Lipinski definition) is 6. The first-order valence-corrected chi connectivity index (χ1v) is 9.13. The molecule has 1 aromatic heterocycles. The highest BCUT2D eigenvalue weighted by Crippen LogP contribution is 2.36. The van der Waals surface area contributed by atoms with Gasteiger partial charge >= 0.3 is 5.97 Å². The minimum absolute atomic E-state index is 0.0820. The number of amides is 2. The fraction of sp³-hybridized carbons (Fsp3) is 0.556. The molecule has 1 aromatic rings. The van der Waals surface area contributed by atoms with Gasteiger partial charge in [-0.15, -0.1) is 0 Å². The second-order valence-corrected chi connectivity index (χ2v) is 7.22. The van der Waals surface area contributed by atoms with Crippen molar-refractivity contribution in [3.8, 4) is 11.6 Å². The normalized spacial score (nSPS) is 14.2. The maximum atomic E-state index is 12.9. The van der Waals surface area contributed by atoms with Gasteiger partial charge in [0.15, 0.2) is 5.75 Å². The SMILES string of the molecule is CC(C)CNC(=O)c1c(O)c(C(=O)NCC(=O)O)c(O)n(C2CCCC2)c1=O. The standard InChI is InChI=1S/C18H25N3O7/c1-9(2)7-19-15(25)12-14(24)13(16(26)20-8-11(22)23)18(28)21(17(12)27)10-5-3-4-6-10/h9-10,24,28H,3-8H2,1-2H3,(H,19,25)(H,20,26)(H,22,23). The van der Waals surface area contributed by atoms with Crippen molar-refractivity contribution in [2.75, 3.05) is 13.1 Å². The zero-order valence-electron chi connectivity index (χ0n) is 15.8. The van der Waals surface area contributed by atoms with E-state index in [9.17, 15) is 29.4 Å². The molecule has 0 aliphatic heterocycles. The first kappa shape index (κ1) is 21.3. The molecule has 0 aromatic carbocycles. The fourth-order valence-corrected chi connectivity index (χ4v) is 3.21. The van der Waals surface area contributed by atoms with E-state index in [0.29, 0.717) is 12.8 Å². The van der Waals surface area contributed by atoms with Gasteiger partial charge in [-0.25, -0.2) is 0 Å². The van der Waals surface area contributed by atoms with Crippen molar-refractivity contribution in [3.05, 3.63) is 21.5 Å². The molecule has 1 aliphatic rings. The lowest BCUT2D eigenvalue weighted by Crippen LogP contribution is -2.38. The minimum Gasteiger partial charge on any atom is -0.506 e. The third kappa shape index (κ3) is 4.44. The Bertz CT molecular complexity index is 839. The van der Waals surface area contributed by atoms with Crippen LogP contribution in [0.4, 0.5) is 0 Å². The maximum absolute atomic E-state index is 12.9. The second kappa shape index (κ2) is 8.77. The minimum atomic E-state index is -1.33. The van der Waals surface area contributed by atoms with E-state index in [-0.39, 0.29) is 12.5 Å². The number of rotatable bonds is 7. The summed E-state index contributed by atoms with van der Waals surface area (Å²) in [7, 11) is 0. The van der Waals surface area contributed by atoms with E-state index in [4.69, 9.17) is 5.11 Å². The Kier molecular flexibility index (Phi) is 6.66. The van der Waals surface area contributed by atoms with Gasteiger partial charge < -0.3 is 26.0 Å². The summed E-state index contributed by atoms with van der Waals surface area (Å²) >= 11 is 0. The zero-order valence-corrected chi connectivity index (χ0v) is 15.8. The molecule has 10 nitrogen and oxygen atoms in total. The number of pyridine rings is 1. The van der Waals surface area contributed by atoms with Crippen molar-refractivity contribution < 1.29 is 29.7 Å². The molecule has 1 saturated carbocycles. The number of carbonyl (C=O) groups is 3. The van der Waals surface area contributed by atoms with E-state index in [0.717, 1.165) is 17.4 Å². The molecule has 1 fully saturated rings. The summed E-state index contributed by atoms with van der Waals surface area (Å²) < 4.78 is 0.951. The Morgan fingerprint density at radius 1 is 1.07 bits per heavy atom. The van der Waals surface area contributed by atoms with Gasteiger partial charge in [0.1, 0.15) is 17.7 Å². The summed E-state index contributed by atoms with van der Waals surface area (Å²) in [5, 5.41) is 34.2. The molecular formula is C18H25N3O7. The Morgan fingerprint density at radius 2 is 1.64 bits per heavy atom. The number of carbonyl (C=O) groups excluding carboxylic acids is 2. The van der Waals surface area contributed by atoms with Crippen LogP contribution in [-0.4, -0.2) is 50.8 Å². The molecule has 28 heavy (non-hydrogen) atoms. The Hall–Kier alpha value is -3.04. The van der Waals surface area contributed by atoms with Gasteiger partial charge in [0.2, 0.25) is 5.88 Å². The highest BCUT2D eigenvalue weighted by molar-refractivity contribution is 6.05. The van der Waals surface area contributed by atoms with Crippen molar-refractivity contribution in [3.63, 3.8) is 0 Å². The number of carboxylic acids is 1. The molecule has 0 bridgehead atoms. The molecular weight excluding hydrogens is 370 g/mol. The number of aliphatic carboxylic acids is 1. The molecule has 1 aliphatic carbocycles. The number of nitrogens with zero attached hydrogens (tertiary/aromatic N) is 1. The van der Waals surface area contributed by atoms with Crippen molar-refractivity contribution in [1.29, 1.82) is 0 Å². The average molecular weight is 395 g/mol. The van der Waals surface area contributed by atoms with Crippen LogP contribution >= 0.6 is 0 Å². The highest BCUT2D eigenvalue weighted by Gasteiger charge is 2.33. The van der Waals surface area contributed by atoms with E-state index in [1.807, 2.05) is 19.2 Å².